The molecule has 0 aliphatic carbocycles. The van der Waals surface area contributed by atoms with Gasteiger partial charge in [-0.15, -0.1) is 0 Å². The summed E-state index contributed by atoms with van der Waals surface area (Å²) >= 11 is 15.4. The monoisotopic (exact) mass is 362 g/mol. The highest BCUT2D eigenvalue weighted by atomic mass is 79.9. The molecule has 0 aliphatic rings. The third-order valence-corrected chi connectivity index (χ3v) is 4.44. The zero-order chi connectivity index (χ0) is 14.0. The number of hydrogen-bond donors (Lipinski definition) is 1. The van der Waals surface area contributed by atoms with Gasteiger partial charge in [0.2, 0.25) is 0 Å². The summed E-state index contributed by atoms with van der Waals surface area (Å²) in [6.07, 6.45) is -0.642. The summed E-state index contributed by atoms with van der Waals surface area (Å²) in [5.74, 6) is -0.382. The van der Waals surface area contributed by atoms with Gasteiger partial charge >= 0.3 is 0 Å². The van der Waals surface area contributed by atoms with Crippen LogP contribution in [0, 0.1) is 5.82 Å². The van der Waals surface area contributed by atoms with Crippen LogP contribution in [-0.4, -0.2) is 5.11 Å². The molecule has 100 valence electrons. The van der Waals surface area contributed by atoms with Gasteiger partial charge in [-0.05, 0) is 45.8 Å². The van der Waals surface area contributed by atoms with E-state index >= 15 is 0 Å². The molecule has 1 unspecified atom stereocenters. The zero-order valence-electron chi connectivity index (χ0n) is 9.71. The van der Waals surface area contributed by atoms with Crippen molar-refractivity contribution < 1.29 is 9.50 Å². The first-order valence-electron chi connectivity index (χ1n) is 5.55. The highest BCUT2D eigenvalue weighted by Gasteiger charge is 2.15. The van der Waals surface area contributed by atoms with E-state index in [2.05, 4.69) is 15.9 Å². The number of hydrogen-bond acceptors (Lipinski definition) is 1. The van der Waals surface area contributed by atoms with Crippen LogP contribution in [0.1, 0.15) is 17.2 Å². The predicted molar refractivity (Wildman–Crippen MR) is 79.2 cm³/mol. The van der Waals surface area contributed by atoms with E-state index in [1.54, 1.807) is 18.2 Å². The first-order chi connectivity index (χ1) is 8.99. The van der Waals surface area contributed by atoms with E-state index in [1.165, 1.54) is 18.2 Å². The highest BCUT2D eigenvalue weighted by Crippen LogP contribution is 2.32. The summed E-state index contributed by atoms with van der Waals surface area (Å²) in [5, 5.41) is 11.1. The second kappa shape index (κ2) is 6.23. The molecular weight excluding hydrogens is 354 g/mol. The molecule has 5 heteroatoms. The maximum atomic E-state index is 13.2. The van der Waals surface area contributed by atoms with E-state index in [0.29, 0.717) is 25.6 Å². The van der Waals surface area contributed by atoms with Gasteiger partial charge in [-0.1, -0.05) is 35.3 Å². The van der Waals surface area contributed by atoms with Crippen LogP contribution in [-0.2, 0) is 6.42 Å². The Morgan fingerprint density at radius 2 is 1.95 bits per heavy atom. The molecule has 2 rings (SSSR count). The summed E-state index contributed by atoms with van der Waals surface area (Å²) in [6.45, 7) is 0. The van der Waals surface area contributed by atoms with Crippen molar-refractivity contribution in [3.05, 3.63) is 67.9 Å². The molecule has 0 amide bonds. The molecule has 1 N–H and O–H groups in total. The minimum Gasteiger partial charge on any atom is -0.388 e. The average molecular weight is 364 g/mol. The van der Waals surface area contributed by atoms with Crippen LogP contribution in [0.15, 0.2) is 40.9 Å². The largest absolute Gasteiger partial charge is 0.388 e. The lowest BCUT2D eigenvalue weighted by Crippen LogP contribution is -2.03. The van der Waals surface area contributed by atoms with Crippen LogP contribution in [0.25, 0.3) is 0 Å². The number of aliphatic hydroxyl groups excluding tert-OH is 1. The summed E-state index contributed by atoms with van der Waals surface area (Å²) in [5.41, 5.74) is 1.13. The Morgan fingerprint density at radius 3 is 2.68 bits per heavy atom. The predicted octanol–water partition coefficient (Wildman–Crippen LogP) is 5.17. The Labute approximate surface area is 129 Å². The molecular formula is C14H10BrCl2FO. The minimum atomic E-state index is -0.843. The molecule has 19 heavy (non-hydrogen) atoms. The van der Waals surface area contributed by atoms with E-state index < -0.39 is 6.10 Å². The van der Waals surface area contributed by atoms with Crippen LogP contribution in [0.3, 0.4) is 0 Å². The van der Waals surface area contributed by atoms with Crippen LogP contribution < -0.4 is 0 Å². The number of benzene rings is 2. The van der Waals surface area contributed by atoms with Gasteiger partial charge in [0.1, 0.15) is 5.82 Å². The molecule has 0 radical (unpaired) electrons. The molecule has 0 aromatic heterocycles. The molecule has 0 spiro atoms. The van der Waals surface area contributed by atoms with Crippen molar-refractivity contribution >= 4 is 39.1 Å². The lowest BCUT2D eigenvalue weighted by Gasteiger charge is -2.14. The summed E-state index contributed by atoms with van der Waals surface area (Å²) in [4.78, 5) is 0. The Hall–Kier alpha value is -0.610. The van der Waals surface area contributed by atoms with E-state index in [9.17, 15) is 9.50 Å². The number of rotatable bonds is 3. The third-order valence-electron chi connectivity index (χ3n) is 2.76. The first kappa shape index (κ1) is 14.8. The smallest absolute Gasteiger partial charge is 0.123 e. The van der Waals surface area contributed by atoms with Gasteiger partial charge in [-0.2, -0.15) is 0 Å². The Bertz CT molecular complexity index is 604. The summed E-state index contributed by atoms with van der Waals surface area (Å²) in [6, 6.07) is 9.36. The summed E-state index contributed by atoms with van der Waals surface area (Å²) in [7, 11) is 0. The first-order valence-corrected chi connectivity index (χ1v) is 7.10. The van der Waals surface area contributed by atoms with E-state index in [4.69, 9.17) is 23.2 Å². The van der Waals surface area contributed by atoms with Gasteiger partial charge < -0.3 is 5.11 Å². The molecule has 1 atom stereocenters. The lowest BCUT2D eigenvalue weighted by atomic mass is 10.0. The normalized spacial score (nSPS) is 12.5. The maximum Gasteiger partial charge on any atom is 0.123 e. The molecule has 0 bridgehead atoms. The minimum absolute atomic E-state index is 0.201. The van der Waals surface area contributed by atoms with Crippen molar-refractivity contribution in [1.29, 1.82) is 0 Å². The molecule has 0 heterocycles. The molecule has 0 saturated heterocycles. The quantitative estimate of drug-likeness (QED) is 0.797. The fourth-order valence-electron chi connectivity index (χ4n) is 1.80. The molecule has 2 aromatic carbocycles. The van der Waals surface area contributed by atoms with Crippen molar-refractivity contribution in [3.8, 4) is 0 Å². The molecule has 0 saturated carbocycles. The molecule has 0 aliphatic heterocycles. The highest BCUT2D eigenvalue weighted by molar-refractivity contribution is 9.10. The van der Waals surface area contributed by atoms with Crippen molar-refractivity contribution in [3.63, 3.8) is 0 Å². The molecule has 1 nitrogen and oxygen atoms in total. The number of aliphatic hydroxyl groups is 1. The molecule has 0 fully saturated rings. The van der Waals surface area contributed by atoms with Gasteiger partial charge in [0, 0.05) is 21.5 Å². The maximum absolute atomic E-state index is 13.2. The second-order valence-corrected chi connectivity index (χ2v) is 5.74. The van der Waals surface area contributed by atoms with Gasteiger partial charge in [0.15, 0.2) is 0 Å². The van der Waals surface area contributed by atoms with Gasteiger partial charge in [0.05, 0.1) is 11.1 Å². The van der Waals surface area contributed by atoms with Crippen LogP contribution in [0.5, 0.6) is 0 Å². The topological polar surface area (TPSA) is 20.2 Å². The third kappa shape index (κ3) is 3.48. The fourth-order valence-corrected chi connectivity index (χ4v) is 2.62. The van der Waals surface area contributed by atoms with Crippen molar-refractivity contribution in [2.45, 2.75) is 12.5 Å². The van der Waals surface area contributed by atoms with Crippen LogP contribution in [0.4, 0.5) is 4.39 Å². The molecule has 2 aromatic rings. The van der Waals surface area contributed by atoms with Crippen molar-refractivity contribution in [1.82, 2.24) is 0 Å². The van der Waals surface area contributed by atoms with E-state index in [-0.39, 0.29) is 12.2 Å². The Kier molecular flexibility index (Phi) is 4.85. The van der Waals surface area contributed by atoms with E-state index in [1.807, 2.05) is 0 Å². The van der Waals surface area contributed by atoms with Crippen molar-refractivity contribution in [2.24, 2.45) is 0 Å². The van der Waals surface area contributed by atoms with Crippen molar-refractivity contribution in [2.75, 3.05) is 0 Å². The van der Waals surface area contributed by atoms with Crippen LogP contribution >= 0.6 is 39.1 Å². The van der Waals surface area contributed by atoms with Crippen LogP contribution in [0.2, 0.25) is 10.0 Å². The van der Waals surface area contributed by atoms with Gasteiger partial charge in [-0.3, -0.25) is 0 Å². The SMILES string of the molecule is OC(Cc1cc(F)ccc1Cl)c1cccc(Br)c1Cl. The Morgan fingerprint density at radius 1 is 1.21 bits per heavy atom. The average Bonchev–Trinajstić information content (AvgIpc) is 2.37. The van der Waals surface area contributed by atoms with Gasteiger partial charge in [-0.25, -0.2) is 4.39 Å². The Balaban J connectivity index is 2.28. The fraction of sp³-hybridized carbons (Fsp3) is 0.143. The zero-order valence-corrected chi connectivity index (χ0v) is 12.8. The standard InChI is InChI=1S/C14H10BrCl2FO/c15-11-3-1-2-10(14(11)17)13(19)7-8-6-9(18)4-5-12(8)16/h1-6,13,19H,7H2. The van der Waals surface area contributed by atoms with E-state index in [0.717, 1.165) is 0 Å². The lowest BCUT2D eigenvalue weighted by molar-refractivity contribution is 0.178. The second-order valence-electron chi connectivity index (χ2n) is 4.10. The summed E-state index contributed by atoms with van der Waals surface area (Å²) < 4.78 is 13.9. The number of halogens is 4. The van der Waals surface area contributed by atoms with Gasteiger partial charge in [0.25, 0.3) is 0 Å².